The molecule has 1 fully saturated rings. The molecule has 1 saturated carbocycles. The molecule has 4 heteroatoms. The second-order valence-electron chi connectivity index (χ2n) is 4.85. The van der Waals surface area contributed by atoms with Crippen molar-refractivity contribution in [2.75, 3.05) is 5.32 Å². The van der Waals surface area contributed by atoms with E-state index in [0.29, 0.717) is 0 Å². The number of nitrogens with zero attached hydrogens (tertiary/aromatic N) is 1. The number of anilines is 1. The number of benzene rings is 1. The van der Waals surface area contributed by atoms with Crippen LogP contribution in [0.15, 0.2) is 40.1 Å². The molecule has 1 aliphatic carbocycles. The van der Waals surface area contributed by atoms with Crippen LogP contribution in [-0.2, 0) is 6.54 Å². The first-order valence-corrected chi connectivity index (χ1v) is 8.61. The average molecular weight is 290 g/mol. The number of para-hydroxylation sites is 1. The topological polar surface area (TPSA) is 24.9 Å². The van der Waals surface area contributed by atoms with Gasteiger partial charge in [-0.3, -0.25) is 0 Å². The van der Waals surface area contributed by atoms with Crippen LogP contribution in [0.1, 0.15) is 31.4 Å². The van der Waals surface area contributed by atoms with Gasteiger partial charge in [-0.15, -0.1) is 23.1 Å². The summed E-state index contributed by atoms with van der Waals surface area (Å²) >= 11 is 3.68. The number of thioether (sulfide) groups is 1. The Morgan fingerprint density at radius 3 is 2.89 bits per heavy atom. The molecule has 1 N–H and O–H groups in total. The van der Waals surface area contributed by atoms with E-state index in [1.807, 2.05) is 17.3 Å². The van der Waals surface area contributed by atoms with Crippen LogP contribution in [0.25, 0.3) is 0 Å². The van der Waals surface area contributed by atoms with Crippen molar-refractivity contribution < 1.29 is 0 Å². The van der Waals surface area contributed by atoms with E-state index in [-0.39, 0.29) is 0 Å². The van der Waals surface area contributed by atoms with Crippen LogP contribution in [-0.4, -0.2) is 10.2 Å². The van der Waals surface area contributed by atoms with Crippen molar-refractivity contribution in [2.24, 2.45) is 0 Å². The summed E-state index contributed by atoms with van der Waals surface area (Å²) in [6.07, 6.45) is 5.52. The van der Waals surface area contributed by atoms with Gasteiger partial charge in [-0.2, -0.15) is 0 Å². The molecule has 0 bridgehead atoms. The third-order valence-corrected chi connectivity index (χ3v) is 5.48. The molecule has 2 aromatic rings. The molecule has 0 spiro atoms. The first-order chi connectivity index (χ1) is 9.42. The zero-order chi connectivity index (χ0) is 12.9. The molecule has 2 nitrogen and oxygen atoms in total. The number of thiazole rings is 1. The summed E-state index contributed by atoms with van der Waals surface area (Å²) < 4.78 is 0. The van der Waals surface area contributed by atoms with Crippen LogP contribution in [0.4, 0.5) is 5.69 Å². The third kappa shape index (κ3) is 3.51. The minimum absolute atomic E-state index is 0.808. The summed E-state index contributed by atoms with van der Waals surface area (Å²) in [7, 11) is 0. The van der Waals surface area contributed by atoms with Gasteiger partial charge in [-0.05, 0) is 25.0 Å². The molecule has 19 heavy (non-hydrogen) atoms. The number of nitrogens with one attached hydrogen (secondary N) is 1. The van der Waals surface area contributed by atoms with E-state index in [1.54, 1.807) is 11.3 Å². The predicted octanol–water partition coefficient (Wildman–Crippen LogP) is 4.79. The first kappa shape index (κ1) is 13.0. The van der Waals surface area contributed by atoms with Crippen molar-refractivity contribution in [1.82, 2.24) is 4.98 Å². The highest BCUT2D eigenvalue weighted by atomic mass is 32.2. The van der Waals surface area contributed by atoms with Gasteiger partial charge in [0.2, 0.25) is 0 Å². The van der Waals surface area contributed by atoms with Crippen LogP contribution in [0.5, 0.6) is 0 Å². The maximum absolute atomic E-state index is 4.31. The molecular weight excluding hydrogens is 272 g/mol. The van der Waals surface area contributed by atoms with E-state index in [4.69, 9.17) is 0 Å². The van der Waals surface area contributed by atoms with E-state index in [0.717, 1.165) is 17.5 Å². The molecule has 0 saturated heterocycles. The predicted molar refractivity (Wildman–Crippen MR) is 84.0 cm³/mol. The highest BCUT2D eigenvalue weighted by Crippen LogP contribution is 2.38. The zero-order valence-corrected chi connectivity index (χ0v) is 12.5. The van der Waals surface area contributed by atoms with E-state index < -0.39 is 0 Å². The fraction of sp³-hybridized carbons (Fsp3) is 0.400. The van der Waals surface area contributed by atoms with Gasteiger partial charge in [0.1, 0.15) is 0 Å². The van der Waals surface area contributed by atoms with Crippen molar-refractivity contribution >= 4 is 28.8 Å². The summed E-state index contributed by atoms with van der Waals surface area (Å²) in [5.74, 6) is 0. The molecule has 0 unspecified atom stereocenters. The van der Waals surface area contributed by atoms with E-state index in [1.165, 1.54) is 36.3 Å². The second-order valence-corrected chi connectivity index (χ2v) is 6.91. The van der Waals surface area contributed by atoms with E-state index >= 15 is 0 Å². The summed E-state index contributed by atoms with van der Waals surface area (Å²) in [4.78, 5) is 5.69. The molecule has 0 aliphatic heterocycles. The van der Waals surface area contributed by atoms with Crippen molar-refractivity contribution in [1.29, 1.82) is 0 Å². The average Bonchev–Trinajstić information content (AvgIpc) is 3.10. The minimum Gasteiger partial charge on any atom is -0.378 e. The number of hydrogen-bond acceptors (Lipinski definition) is 4. The van der Waals surface area contributed by atoms with Crippen LogP contribution in [0.3, 0.4) is 0 Å². The van der Waals surface area contributed by atoms with Gasteiger partial charge in [0.25, 0.3) is 0 Å². The molecule has 0 atom stereocenters. The number of aromatic nitrogens is 1. The monoisotopic (exact) mass is 290 g/mol. The minimum atomic E-state index is 0.808. The Kier molecular flexibility index (Phi) is 4.41. The highest BCUT2D eigenvalue weighted by Gasteiger charge is 2.17. The Labute approximate surface area is 122 Å². The summed E-state index contributed by atoms with van der Waals surface area (Å²) in [5.41, 5.74) is 4.24. The highest BCUT2D eigenvalue weighted by molar-refractivity contribution is 8.00. The Hall–Kier alpha value is -1.00. The lowest BCUT2D eigenvalue weighted by Crippen LogP contribution is -2.02. The number of rotatable bonds is 5. The van der Waals surface area contributed by atoms with Gasteiger partial charge in [0.15, 0.2) is 0 Å². The van der Waals surface area contributed by atoms with E-state index in [9.17, 15) is 0 Å². The maximum Gasteiger partial charge on any atom is 0.0795 e. The summed E-state index contributed by atoms with van der Waals surface area (Å²) in [6.45, 7) is 0.811. The SMILES string of the molecule is c1ccc(SC2CCCC2)c(NCc2cscn2)c1. The van der Waals surface area contributed by atoms with Gasteiger partial charge in [0, 0.05) is 21.2 Å². The van der Waals surface area contributed by atoms with Gasteiger partial charge >= 0.3 is 0 Å². The largest absolute Gasteiger partial charge is 0.378 e. The fourth-order valence-electron chi connectivity index (χ4n) is 2.41. The molecule has 1 aromatic carbocycles. The Morgan fingerprint density at radius 1 is 1.26 bits per heavy atom. The quantitative estimate of drug-likeness (QED) is 0.857. The van der Waals surface area contributed by atoms with Crippen molar-refractivity contribution in [3.63, 3.8) is 0 Å². The Bertz CT molecular complexity index is 505. The maximum atomic E-state index is 4.31. The van der Waals surface area contributed by atoms with Crippen molar-refractivity contribution in [3.8, 4) is 0 Å². The van der Waals surface area contributed by atoms with Crippen LogP contribution in [0.2, 0.25) is 0 Å². The van der Waals surface area contributed by atoms with Gasteiger partial charge in [0.05, 0.1) is 17.7 Å². The molecule has 100 valence electrons. The molecule has 1 aromatic heterocycles. The molecule has 0 radical (unpaired) electrons. The third-order valence-electron chi connectivity index (χ3n) is 3.43. The number of hydrogen-bond donors (Lipinski definition) is 1. The van der Waals surface area contributed by atoms with Crippen LogP contribution in [0, 0.1) is 0 Å². The zero-order valence-electron chi connectivity index (χ0n) is 10.8. The Morgan fingerprint density at radius 2 is 2.11 bits per heavy atom. The standard InChI is InChI=1S/C15H18N2S2/c1-2-6-13(5-1)19-15-8-4-3-7-14(15)16-9-12-10-18-11-17-12/h3-4,7-8,10-11,13,16H,1-2,5-6,9H2. The second kappa shape index (κ2) is 6.44. The van der Waals surface area contributed by atoms with Gasteiger partial charge in [-0.25, -0.2) is 4.98 Å². The van der Waals surface area contributed by atoms with Gasteiger partial charge < -0.3 is 5.32 Å². The molecule has 3 rings (SSSR count). The molecule has 1 aliphatic rings. The lowest BCUT2D eigenvalue weighted by molar-refractivity contribution is 0.886. The summed E-state index contributed by atoms with van der Waals surface area (Å²) in [5, 5.41) is 6.42. The van der Waals surface area contributed by atoms with Gasteiger partial charge in [-0.1, -0.05) is 25.0 Å². The lowest BCUT2D eigenvalue weighted by Gasteiger charge is -2.14. The smallest absolute Gasteiger partial charge is 0.0795 e. The van der Waals surface area contributed by atoms with Crippen LogP contribution >= 0.6 is 23.1 Å². The molecule has 0 amide bonds. The first-order valence-electron chi connectivity index (χ1n) is 6.78. The lowest BCUT2D eigenvalue weighted by atomic mass is 10.3. The fourth-order valence-corrected chi connectivity index (χ4v) is 4.32. The molecule has 1 heterocycles. The summed E-state index contributed by atoms with van der Waals surface area (Å²) in [6, 6.07) is 8.63. The molecular formula is C15H18N2S2. The van der Waals surface area contributed by atoms with E-state index in [2.05, 4.69) is 39.9 Å². The normalized spacial score (nSPS) is 15.8. The Balaban J connectivity index is 1.66. The van der Waals surface area contributed by atoms with Crippen molar-refractivity contribution in [2.45, 2.75) is 42.4 Å². The van der Waals surface area contributed by atoms with Crippen molar-refractivity contribution in [3.05, 3.63) is 40.8 Å². The van der Waals surface area contributed by atoms with Crippen LogP contribution < -0.4 is 5.32 Å².